The number of ether oxygens (including phenoxy) is 1. The minimum absolute atomic E-state index is 0.0968. The molecule has 2 aliphatic heterocycles. The second-order valence-electron chi connectivity index (χ2n) is 8.74. The molecule has 0 radical (unpaired) electrons. The molecule has 2 aromatic carbocycles. The highest BCUT2D eigenvalue weighted by Crippen LogP contribution is 2.33. The average Bonchev–Trinajstić information content (AvgIpc) is 3.23. The first-order chi connectivity index (χ1) is 15.9. The van der Waals surface area contributed by atoms with Gasteiger partial charge in [-0.25, -0.2) is 4.39 Å². The molecule has 0 saturated carbocycles. The van der Waals surface area contributed by atoms with E-state index >= 15 is 0 Å². The largest absolute Gasteiger partial charge is 0.489 e. The smallest absolute Gasteiger partial charge is 0.303 e. The molecule has 1 N–H and O–H groups in total. The number of amides is 1. The van der Waals surface area contributed by atoms with Crippen LogP contribution in [0.2, 0.25) is 0 Å². The van der Waals surface area contributed by atoms with E-state index in [4.69, 9.17) is 9.84 Å². The number of rotatable bonds is 8. The number of likely N-dealkylation sites (N-methyl/N-ethyl adjacent to an activating group) is 1. The second-order valence-corrected chi connectivity index (χ2v) is 8.74. The summed E-state index contributed by atoms with van der Waals surface area (Å²) in [5.74, 6) is -0.965. The summed E-state index contributed by atoms with van der Waals surface area (Å²) in [7, 11) is 2.09. The molecule has 33 heavy (non-hydrogen) atoms. The van der Waals surface area contributed by atoms with Crippen molar-refractivity contribution in [2.24, 2.45) is 0 Å². The molecule has 4 rings (SSSR count). The van der Waals surface area contributed by atoms with E-state index in [2.05, 4.69) is 16.8 Å². The fraction of sp³-hybridized carbons (Fsp3) is 0.440. The molecule has 0 aromatic heterocycles. The first-order valence-electron chi connectivity index (χ1n) is 11.4. The van der Waals surface area contributed by atoms with Crippen LogP contribution < -0.4 is 9.64 Å². The van der Waals surface area contributed by atoms with Crippen LogP contribution in [0.1, 0.15) is 23.1 Å². The van der Waals surface area contributed by atoms with Gasteiger partial charge in [0.1, 0.15) is 18.2 Å². The maximum atomic E-state index is 14.3. The summed E-state index contributed by atoms with van der Waals surface area (Å²) in [5.41, 5.74) is 3.28. The van der Waals surface area contributed by atoms with Gasteiger partial charge in [0.15, 0.2) is 0 Å². The summed E-state index contributed by atoms with van der Waals surface area (Å²) in [6, 6.07) is 10.4. The lowest BCUT2D eigenvalue weighted by atomic mass is 10.1. The highest BCUT2D eigenvalue weighted by atomic mass is 19.1. The Hall–Kier alpha value is -2.97. The van der Waals surface area contributed by atoms with Crippen LogP contribution in [-0.4, -0.2) is 73.1 Å². The quantitative estimate of drug-likeness (QED) is 0.660. The van der Waals surface area contributed by atoms with Gasteiger partial charge in [-0.2, -0.15) is 0 Å². The molecule has 1 fully saturated rings. The summed E-state index contributed by atoms with van der Waals surface area (Å²) in [6.07, 6.45) is 0.827. The van der Waals surface area contributed by atoms with Crippen LogP contribution in [0.5, 0.6) is 5.75 Å². The second kappa shape index (κ2) is 10.3. The number of benzene rings is 2. The maximum Gasteiger partial charge on any atom is 0.303 e. The van der Waals surface area contributed by atoms with E-state index in [9.17, 15) is 14.0 Å². The number of aryl methyl sites for hydroxylation is 1. The number of hydrogen-bond acceptors (Lipinski definition) is 5. The summed E-state index contributed by atoms with van der Waals surface area (Å²) in [4.78, 5) is 30.2. The number of nitrogens with zero attached hydrogens (tertiary/aromatic N) is 3. The Balaban J connectivity index is 1.42. The highest BCUT2D eigenvalue weighted by molar-refractivity contribution is 5.97. The zero-order chi connectivity index (χ0) is 23.4. The lowest BCUT2D eigenvalue weighted by Crippen LogP contribution is -2.48. The Morgan fingerprint density at radius 1 is 1.06 bits per heavy atom. The lowest BCUT2D eigenvalue weighted by Gasteiger charge is -2.33. The van der Waals surface area contributed by atoms with Crippen molar-refractivity contribution in [1.82, 2.24) is 9.80 Å². The molecular formula is C25H30FN3O4. The number of aliphatic carboxylic acids is 1. The summed E-state index contributed by atoms with van der Waals surface area (Å²) in [6.45, 7) is 5.00. The molecule has 0 spiro atoms. The van der Waals surface area contributed by atoms with Crippen LogP contribution in [0.15, 0.2) is 36.4 Å². The molecule has 0 aliphatic carbocycles. The maximum absolute atomic E-state index is 14.3. The van der Waals surface area contributed by atoms with Gasteiger partial charge >= 0.3 is 5.97 Å². The van der Waals surface area contributed by atoms with Crippen molar-refractivity contribution in [3.05, 3.63) is 58.9 Å². The van der Waals surface area contributed by atoms with Gasteiger partial charge in [0, 0.05) is 50.8 Å². The molecule has 2 heterocycles. The molecule has 0 bridgehead atoms. The van der Waals surface area contributed by atoms with E-state index in [1.165, 1.54) is 6.07 Å². The third-order valence-corrected chi connectivity index (χ3v) is 6.36. The van der Waals surface area contributed by atoms with Crippen molar-refractivity contribution >= 4 is 17.6 Å². The first kappa shape index (κ1) is 23.2. The predicted octanol–water partition coefficient (Wildman–Crippen LogP) is 2.56. The SMILES string of the molecule is CN1CCN(CC(=O)N2CCc3cccc(COc4ccc(CCC(=O)O)c(F)c4)c32)CC1. The van der Waals surface area contributed by atoms with Gasteiger partial charge in [-0.1, -0.05) is 24.3 Å². The molecule has 2 aliphatic rings. The zero-order valence-electron chi connectivity index (χ0n) is 18.9. The number of para-hydroxylation sites is 1. The third kappa shape index (κ3) is 5.69. The van der Waals surface area contributed by atoms with Crippen LogP contribution in [-0.2, 0) is 29.0 Å². The van der Waals surface area contributed by atoms with Gasteiger partial charge in [0.25, 0.3) is 0 Å². The molecular weight excluding hydrogens is 425 g/mol. The number of carbonyl (C=O) groups excluding carboxylic acids is 1. The molecule has 7 nitrogen and oxygen atoms in total. The van der Waals surface area contributed by atoms with Crippen LogP contribution in [0.4, 0.5) is 10.1 Å². The number of carbonyl (C=O) groups is 2. The van der Waals surface area contributed by atoms with Crippen LogP contribution in [0.3, 0.4) is 0 Å². The number of carboxylic acids is 1. The topological polar surface area (TPSA) is 73.3 Å². The van der Waals surface area contributed by atoms with E-state index < -0.39 is 11.8 Å². The molecule has 0 unspecified atom stereocenters. The van der Waals surface area contributed by atoms with E-state index in [0.717, 1.165) is 49.4 Å². The Morgan fingerprint density at radius 2 is 1.85 bits per heavy atom. The van der Waals surface area contributed by atoms with E-state index in [1.807, 2.05) is 23.1 Å². The number of anilines is 1. The van der Waals surface area contributed by atoms with Gasteiger partial charge in [0.05, 0.1) is 12.2 Å². The first-order valence-corrected chi connectivity index (χ1v) is 11.4. The normalized spacial score (nSPS) is 16.6. The van der Waals surface area contributed by atoms with E-state index in [1.54, 1.807) is 12.1 Å². The average molecular weight is 456 g/mol. The summed E-state index contributed by atoms with van der Waals surface area (Å²) >= 11 is 0. The van der Waals surface area contributed by atoms with Crippen LogP contribution in [0.25, 0.3) is 0 Å². The van der Waals surface area contributed by atoms with Gasteiger partial charge in [-0.15, -0.1) is 0 Å². The standard InChI is InChI=1S/C25H30FN3O4/c1-27-11-13-28(14-12-27)16-23(30)29-10-9-19-3-2-4-20(25(19)29)17-33-21-7-5-18(22(26)15-21)6-8-24(31)32/h2-5,7,15H,6,8-14,16-17H2,1H3,(H,31,32). The molecule has 0 atom stereocenters. The Kier molecular flexibility index (Phi) is 7.25. The Bertz CT molecular complexity index is 1020. The Labute approximate surface area is 193 Å². The minimum Gasteiger partial charge on any atom is -0.489 e. The van der Waals surface area contributed by atoms with Crippen molar-refractivity contribution in [2.45, 2.75) is 25.9 Å². The monoisotopic (exact) mass is 455 g/mol. The van der Waals surface area contributed by atoms with Gasteiger partial charge in [-0.3, -0.25) is 14.5 Å². The number of halogens is 1. The van der Waals surface area contributed by atoms with Crippen LogP contribution >= 0.6 is 0 Å². The number of hydrogen-bond donors (Lipinski definition) is 1. The lowest BCUT2D eigenvalue weighted by molar-refractivity contribution is -0.137. The van der Waals surface area contributed by atoms with Crippen molar-refractivity contribution in [3.8, 4) is 5.75 Å². The molecule has 176 valence electrons. The highest BCUT2D eigenvalue weighted by Gasteiger charge is 2.29. The van der Waals surface area contributed by atoms with Crippen LogP contribution in [0, 0.1) is 5.82 Å². The van der Waals surface area contributed by atoms with E-state index in [-0.39, 0.29) is 25.4 Å². The fourth-order valence-corrected chi connectivity index (χ4v) is 4.41. The molecule has 1 amide bonds. The predicted molar refractivity (Wildman–Crippen MR) is 123 cm³/mol. The van der Waals surface area contributed by atoms with Gasteiger partial charge in [-0.05, 0) is 37.1 Å². The minimum atomic E-state index is -0.959. The van der Waals surface area contributed by atoms with Crippen molar-refractivity contribution in [2.75, 3.05) is 51.2 Å². The summed E-state index contributed by atoms with van der Waals surface area (Å²) < 4.78 is 20.2. The third-order valence-electron chi connectivity index (χ3n) is 6.36. The number of piperazine rings is 1. The molecule has 1 saturated heterocycles. The van der Waals surface area contributed by atoms with Crippen molar-refractivity contribution in [1.29, 1.82) is 0 Å². The fourth-order valence-electron chi connectivity index (χ4n) is 4.41. The Morgan fingerprint density at radius 3 is 2.58 bits per heavy atom. The van der Waals surface area contributed by atoms with Crippen molar-refractivity contribution < 1.29 is 23.8 Å². The molecule has 8 heteroatoms. The number of fused-ring (bicyclic) bond motifs is 1. The van der Waals surface area contributed by atoms with Crippen molar-refractivity contribution in [3.63, 3.8) is 0 Å². The van der Waals surface area contributed by atoms with Gasteiger partial charge < -0.3 is 19.6 Å². The number of carboxylic acid groups (broad SMARTS) is 1. The molecule has 2 aromatic rings. The van der Waals surface area contributed by atoms with E-state index in [0.29, 0.717) is 24.4 Å². The van der Waals surface area contributed by atoms with Gasteiger partial charge in [0.2, 0.25) is 5.91 Å². The summed E-state index contributed by atoms with van der Waals surface area (Å²) in [5, 5.41) is 8.79. The zero-order valence-corrected chi connectivity index (χ0v) is 18.9.